The number of hydrogen-bond donors (Lipinski definition) is 3. The lowest BCUT2D eigenvalue weighted by atomic mass is 10.3. The van der Waals surface area contributed by atoms with Crippen molar-refractivity contribution in [3.63, 3.8) is 0 Å². The van der Waals surface area contributed by atoms with Gasteiger partial charge in [-0.1, -0.05) is 12.1 Å². The Labute approximate surface area is 133 Å². The minimum absolute atomic E-state index is 0.0225. The quantitative estimate of drug-likeness (QED) is 0.690. The number of ether oxygens (including phenoxy) is 2. The van der Waals surface area contributed by atoms with Gasteiger partial charge in [-0.2, -0.15) is 0 Å². The zero-order chi connectivity index (χ0) is 16.9. The molecule has 0 bridgehead atoms. The van der Waals surface area contributed by atoms with Gasteiger partial charge in [0.1, 0.15) is 16.8 Å². The van der Waals surface area contributed by atoms with Gasteiger partial charge in [-0.15, -0.1) is 0 Å². The van der Waals surface area contributed by atoms with E-state index in [9.17, 15) is 19.1 Å². The van der Waals surface area contributed by atoms with E-state index in [0.717, 1.165) is 0 Å². The van der Waals surface area contributed by atoms with Crippen LogP contribution in [0.3, 0.4) is 0 Å². The SMILES string of the molecule is COc1ccc(NC(=O)COc2ccccc2P(=O)(O)O)cc1. The van der Waals surface area contributed by atoms with Crippen LogP contribution >= 0.6 is 7.60 Å². The molecule has 7 nitrogen and oxygen atoms in total. The first kappa shape index (κ1) is 17.0. The molecule has 0 saturated carbocycles. The molecule has 23 heavy (non-hydrogen) atoms. The van der Waals surface area contributed by atoms with Gasteiger partial charge < -0.3 is 24.6 Å². The number of carbonyl (C=O) groups excluding carboxylic acids is 1. The van der Waals surface area contributed by atoms with Crippen molar-refractivity contribution < 1.29 is 28.6 Å². The molecule has 122 valence electrons. The van der Waals surface area contributed by atoms with Crippen LogP contribution in [0, 0.1) is 0 Å². The minimum atomic E-state index is -4.46. The van der Waals surface area contributed by atoms with Crippen LogP contribution in [-0.4, -0.2) is 29.4 Å². The van der Waals surface area contributed by atoms with Crippen LogP contribution in [0.2, 0.25) is 0 Å². The summed E-state index contributed by atoms with van der Waals surface area (Å²) in [4.78, 5) is 30.3. The second kappa shape index (κ2) is 7.28. The zero-order valence-electron chi connectivity index (χ0n) is 12.3. The highest BCUT2D eigenvalue weighted by atomic mass is 31.2. The summed E-state index contributed by atoms with van der Waals surface area (Å²) in [5.41, 5.74) is 0.558. The number of carbonyl (C=O) groups is 1. The first-order valence-corrected chi connectivity index (χ1v) is 8.23. The molecule has 0 aliphatic rings. The van der Waals surface area contributed by atoms with E-state index in [-0.39, 0.29) is 17.7 Å². The molecule has 3 N–H and O–H groups in total. The monoisotopic (exact) mass is 337 g/mol. The minimum Gasteiger partial charge on any atom is -0.497 e. The van der Waals surface area contributed by atoms with E-state index in [1.54, 1.807) is 37.4 Å². The molecular formula is C15H16NO6P. The van der Waals surface area contributed by atoms with Crippen molar-refractivity contribution in [1.29, 1.82) is 0 Å². The molecule has 2 rings (SSSR count). The summed E-state index contributed by atoms with van der Waals surface area (Å²) < 4.78 is 21.6. The topological polar surface area (TPSA) is 105 Å². The fourth-order valence-corrected chi connectivity index (χ4v) is 2.54. The molecule has 0 unspecified atom stereocenters. The van der Waals surface area contributed by atoms with E-state index in [1.807, 2.05) is 0 Å². The van der Waals surface area contributed by atoms with Crippen molar-refractivity contribution in [1.82, 2.24) is 0 Å². The molecule has 0 atom stereocenters. The van der Waals surface area contributed by atoms with Crippen LogP contribution in [0.1, 0.15) is 0 Å². The lowest BCUT2D eigenvalue weighted by molar-refractivity contribution is -0.118. The Morgan fingerprint density at radius 3 is 2.39 bits per heavy atom. The lowest BCUT2D eigenvalue weighted by Crippen LogP contribution is -2.22. The van der Waals surface area contributed by atoms with Crippen molar-refractivity contribution in [2.75, 3.05) is 19.0 Å². The van der Waals surface area contributed by atoms with Gasteiger partial charge in [0.25, 0.3) is 5.91 Å². The number of para-hydroxylation sites is 1. The molecule has 1 amide bonds. The molecule has 0 fully saturated rings. The third-order valence-corrected chi connectivity index (χ3v) is 3.91. The first-order chi connectivity index (χ1) is 10.9. The maximum Gasteiger partial charge on any atom is 0.359 e. The number of rotatable bonds is 6. The largest absolute Gasteiger partial charge is 0.497 e. The van der Waals surface area contributed by atoms with Crippen LogP contribution in [0.25, 0.3) is 0 Å². The lowest BCUT2D eigenvalue weighted by Gasteiger charge is -2.12. The molecule has 0 spiro atoms. The molecule has 8 heteroatoms. The van der Waals surface area contributed by atoms with E-state index < -0.39 is 13.5 Å². The normalized spacial score (nSPS) is 10.9. The summed E-state index contributed by atoms with van der Waals surface area (Å²) in [6, 6.07) is 12.4. The molecule has 2 aromatic rings. The van der Waals surface area contributed by atoms with Crippen LogP contribution in [0.5, 0.6) is 11.5 Å². The summed E-state index contributed by atoms with van der Waals surface area (Å²) in [5, 5.41) is 2.36. The zero-order valence-corrected chi connectivity index (χ0v) is 13.2. The van der Waals surface area contributed by atoms with Crippen LogP contribution < -0.4 is 20.1 Å². The molecule has 0 heterocycles. The van der Waals surface area contributed by atoms with Crippen molar-refractivity contribution in [3.05, 3.63) is 48.5 Å². The number of anilines is 1. The number of benzene rings is 2. The van der Waals surface area contributed by atoms with Crippen molar-refractivity contribution >= 4 is 24.5 Å². The predicted octanol–water partition coefficient (Wildman–Crippen LogP) is 1.52. The Kier molecular flexibility index (Phi) is 5.39. The summed E-state index contributed by atoms with van der Waals surface area (Å²) >= 11 is 0. The highest BCUT2D eigenvalue weighted by Crippen LogP contribution is 2.37. The van der Waals surface area contributed by atoms with Gasteiger partial charge in [0.15, 0.2) is 6.61 Å². The average Bonchev–Trinajstić information content (AvgIpc) is 2.53. The van der Waals surface area contributed by atoms with Gasteiger partial charge in [0.05, 0.1) is 7.11 Å². The van der Waals surface area contributed by atoms with Crippen LogP contribution in [0.4, 0.5) is 5.69 Å². The summed E-state index contributed by atoms with van der Waals surface area (Å²) in [7, 11) is -2.92. The second-order valence-electron chi connectivity index (χ2n) is 4.58. The Balaban J connectivity index is 1.98. The van der Waals surface area contributed by atoms with Gasteiger partial charge >= 0.3 is 7.60 Å². The van der Waals surface area contributed by atoms with Crippen LogP contribution in [-0.2, 0) is 9.36 Å². The highest BCUT2D eigenvalue weighted by molar-refractivity contribution is 7.60. The molecule has 0 aromatic heterocycles. The molecule has 2 aromatic carbocycles. The van der Waals surface area contributed by atoms with Gasteiger partial charge in [-0.25, -0.2) is 0 Å². The molecule has 0 aliphatic carbocycles. The van der Waals surface area contributed by atoms with Gasteiger partial charge in [0.2, 0.25) is 0 Å². The second-order valence-corrected chi connectivity index (χ2v) is 6.15. The van der Waals surface area contributed by atoms with Crippen molar-refractivity contribution in [3.8, 4) is 11.5 Å². The highest BCUT2D eigenvalue weighted by Gasteiger charge is 2.22. The summed E-state index contributed by atoms with van der Waals surface area (Å²) in [6.07, 6.45) is 0. The third-order valence-electron chi connectivity index (χ3n) is 2.91. The first-order valence-electron chi connectivity index (χ1n) is 6.62. The van der Waals surface area contributed by atoms with Crippen LogP contribution in [0.15, 0.2) is 48.5 Å². The van der Waals surface area contributed by atoms with Gasteiger partial charge in [-0.05, 0) is 36.4 Å². The van der Waals surface area contributed by atoms with Crippen molar-refractivity contribution in [2.45, 2.75) is 0 Å². The Morgan fingerprint density at radius 1 is 1.13 bits per heavy atom. The van der Waals surface area contributed by atoms with E-state index >= 15 is 0 Å². The number of methoxy groups -OCH3 is 1. The van der Waals surface area contributed by atoms with Gasteiger partial charge in [0, 0.05) is 5.69 Å². The smallest absolute Gasteiger partial charge is 0.359 e. The Bertz CT molecular complexity index is 725. The van der Waals surface area contributed by atoms with E-state index in [4.69, 9.17) is 9.47 Å². The average molecular weight is 337 g/mol. The molecule has 0 radical (unpaired) electrons. The maximum absolute atomic E-state index is 11.8. The van der Waals surface area contributed by atoms with Crippen molar-refractivity contribution in [2.24, 2.45) is 0 Å². The summed E-state index contributed by atoms with van der Waals surface area (Å²) in [6.45, 7) is -0.372. The van der Waals surface area contributed by atoms with E-state index in [2.05, 4.69) is 5.32 Å². The predicted molar refractivity (Wildman–Crippen MR) is 85.2 cm³/mol. The molecule has 0 aliphatic heterocycles. The molecular weight excluding hydrogens is 321 g/mol. The van der Waals surface area contributed by atoms with E-state index in [1.165, 1.54) is 18.2 Å². The van der Waals surface area contributed by atoms with E-state index in [0.29, 0.717) is 11.4 Å². The standard InChI is InChI=1S/C15H16NO6P/c1-21-12-8-6-11(7-9-12)16-15(17)10-22-13-4-2-3-5-14(13)23(18,19)20/h2-9H,10H2,1H3,(H,16,17)(H2,18,19,20). The Morgan fingerprint density at radius 2 is 1.78 bits per heavy atom. The number of hydrogen-bond acceptors (Lipinski definition) is 4. The fraction of sp³-hybridized carbons (Fsp3) is 0.133. The number of amides is 1. The molecule has 0 saturated heterocycles. The maximum atomic E-state index is 11.8. The third kappa shape index (κ3) is 4.82. The summed E-state index contributed by atoms with van der Waals surface area (Å²) in [5.74, 6) is 0.191. The Hall–Kier alpha value is -2.34. The number of nitrogens with one attached hydrogen (secondary N) is 1. The fourth-order valence-electron chi connectivity index (χ4n) is 1.83. The van der Waals surface area contributed by atoms with Gasteiger partial charge in [-0.3, -0.25) is 9.36 Å².